The normalized spacial score (nSPS) is 20.6. The highest BCUT2D eigenvalue weighted by Crippen LogP contribution is 2.37. The molecule has 1 heterocycles. The minimum absolute atomic E-state index is 0.0968. The molecule has 1 aliphatic rings. The summed E-state index contributed by atoms with van der Waals surface area (Å²) >= 11 is 0. The summed E-state index contributed by atoms with van der Waals surface area (Å²) in [4.78, 5) is 0.119. The molecule has 1 atom stereocenters. The van der Waals surface area contributed by atoms with Gasteiger partial charge in [-0.2, -0.15) is 8.42 Å². The molecule has 132 valence electrons. The first-order chi connectivity index (χ1) is 12.0. The van der Waals surface area contributed by atoms with Crippen LogP contribution in [0.25, 0.3) is 5.70 Å². The van der Waals surface area contributed by atoms with E-state index in [2.05, 4.69) is 5.32 Å². The van der Waals surface area contributed by atoms with Gasteiger partial charge >= 0.3 is 0 Å². The third kappa shape index (κ3) is 3.61. The second kappa shape index (κ2) is 7.00. The van der Waals surface area contributed by atoms with E-state index in [1.54, 1.807) is 18.2 Å². The lowest BCUT2D eigenvalue weighted by molar-refractivity contribution is 0.172. The highest BCUT2D eigenvalue weighted by molar-refractivity contribution is 7.86. The summed E-state index contributed by atoms with van der Waals surface area (Å²) in [5, 5.41) is 13.1. The van der Waals surface area contributed by atoms with Gasteiger partial charge < -0.3 is 10.4 Å². The smallest absolute Gasteiger partial charge is 0.297 e. The van der Waals surface area contributed by atoms with Crippen LogP contribution >= 0.6 is 0 Å². The van der Waals surface area contributed by atoms with Crippen LogP contribution in [0.5, 0.6) is 0 Å². The molecule has 0 saturated carbocycles. The minimum Gasteiger partial charge on any atom is -0.395 e. The van der Waals surface area contributed by atoms with E-state index in [0.717, 1.165) is 16.8 Å². The molecule has 2 N–H and O–H groups in total. The predicted octanol–water partition coefficient (Wildman–Crippen LogP) is 2.41. The van der Waals surface area contributed by atoms with Gasteiger partial charge in [-0.15, -0.1) is 0 Å². The molecular weight excluding hydrogens is 338 g/mol. The van der Waals surface area contributed by atoms with Gasteiger partial charge in [-0.05, 0) is 23.3 Å². The van der Waals surface area contributed by atoms with E-state index in [1.165, 1.54) is 12.1 Å². The van der Waals surface area contributed by atoms with Crippen molar-refractivity contribution in [3.63, 3.8) is 0 Å². The average Bonchev–Trinajstić information content (AvgIpc) is 2.99. The Morgan fingerprint density at radius 1 is 1.08 bits per heavy atom. The summed E-state index contributed by atoms with van der Waals surface area (Å²) < 4.78 is 30.1. The van der Waals surface area contributed by atoms with Crippen LogP contribution in [0.1, 0.15) is 12.5 Å². The molecule has 0 saturated heterocycles. The monoisotopic (exact) mass is 359 g/mol. The molecule has 6 heteroatoms. The lowest BCUT2D eigenvalue weighted by Crippen LogP contribution is -2.30. The number of aliphatic hydroxyl groups excluding tert-OH is 1. The van der Waals surface area contributed by atoms with Gasteiger partial charge in [-0.25, -0.2) is 0 Å². The van der Waals surface area contributed by atoms with Crippen LogP contribution in [-0.2, 0) is 14.3 Å². The highest BCUT2D eigenvalue weighted by atomic mass is 32.2. The Morgan fingerprint density at radius 3 is 2.28 bits per heavy atom. The molecule has 0 amide bonds. The van der Waals surface area contributed by atoms with Crippen LogP contribution in [0, 0.1) is 5.41 Å². The Balaban J connectivity index is 1.92. The standard InChI is InChI=1S/C19H21NO4S/c1-19(14-21)13-20-18(15-8-4-2-5-9-15)17(19)12-24-25(22,23)16-10-6-3-7-11-16/h2-11,20-21H,12-14H2,1H3. The number of nitrogens with one attached hydrogen (secondary N) is 1. The largest absolute Gasteiger partial charge is 0.395 e. The Labute approximate surface area is 148 Å². The van der Waals surface area contributed by atoms with Gasteiger partial charge in [-0.3, -0.25) is 4.18 Å². The third-order valence-electron chi connectivity index (χ3n) is 4.49. The van der Waals surface area contributed by atoms with Gasteiger partial charge in [0.15, 0.2) is 0 Å². The summed E-state index contributed by atoms with van der Waals surface area (Å²) in [5.41, 5.74) is 1.94. The highest BCUT2D eigenvalue weighted by Gasteiger charge is 2.37. The Kier molecular flexibility index (Phi) is 4.94. The second-order valence-corrected chi connectivity index (χ2v) is 7.94. The number of benzene rings is 2. The van der Waals surface area contributed by atoms with E-state index in [4.69, 9.17) is 4.18 Å². The lowest BCUT2D eigenvalue weighted by atomic mass is 9.84. The van der Waals surface area contributed by atoms with Crippen molar-refractivity contribution in [1.82, 2.24) is 5.32 Å². The summed E-state index contributed by atoms with van der Waals surface area (Å²) in [6, 6.07) is 17.7. The molecule has 0 bridgehead atoms. The Bertz CT molecular complexity index is 863. The van der Waals surface area contributed by atoms with Crippen LogP contribution < -0.4 is 5.32 Å². The summed E-state index contributed by atoms with van der Waals surface area (Å²) in [6.45, 7) is 2.22. The number of hydrogen-bond donors (Lipinski definition) is 2. The molecule has 2 aromatic carbocycles. The van der Waals surface area contributed by atoms with Gasteiger partial charge in [0.25, 0.3) is 10.1 Å². The van der Waals surface area contributed by atoms with Crippen molar-refractivity contribution >= 4 is 15.8 Å². The van der Waals surface area contributed by atoms with Crippen LogP contribution in [-0.4, -0.2) is 33.3 Å². The van der Waals surface area contributed by atoms with Gasteiger partial charge in [0.2, 0.25) is 0 Å². The molecule has 2 aromatic rings. The minimum atomic E-state index is -3.86. The van der Waals surface area contributed by atoms with E-state index in [9.17, 15) is 13.5 Å². The zero-order valence-electron chi connectivity index (χ0n) is 14.0. The van der Waals surface area contributed by atoms with Crippen LogP contribution in [0.15, 0.2) is 71.1 Å². The first kappa shape index (κ1) is 17.7. The Morgan fingerprint density at radius 2 is 1.68 bits per heavy atom. The molecule has 1 aliphatic heterocycles. The molecule has 1 unspecified atom stereocenters. The maximum absolute atomic E-state index is 12.4. The van der Waals surface area contributed by atoms with Crippen molar-refractivity contribution in [3.05, 3.63) is 71.8 Å². The first-order valence-electron chi connectivity index (χ1n) is 8.04. The fourth-order valence-corrected chi connectivity index (χ4v) is 3.77. The van der Waals surface area contributed by atoms with Crippen molar-refractivity contribution in [2.24, 2.45) is 5.41 Å². The van der Waals surface area contributed by atoms with Crippen molar-refractivity contribution in [2.45, 2.75) is 11.8 Å². The molecule has 0 aromatic heterocycles. The van der Waals surface area contributed by atoms with Crippen molar-refractivity contribution in [1.29, 1.82) is 0 Å². The second-order valence-electron chi connectivity index (χ2n) is 6.32. The Hall–Kier alpha value is -2.15. The summed E-state index contributed by atoms with van der Waals surface area (Å²) in [6.07, 6.45) is 0. The topological polar surface area (TPSA) is 75.6 Å². The molecule has 0 fully saturated rings. The average molecular weight is 359 g/mol. The lowest BCUT2D eigenvalue weighted by Gasteiger charge is -2.24. The zero-order valence-corrected chi connectivity index (χ0v) is 14.8. The molecule has 0 radical (unpaired) electrons. The molecule has 0 aliphatic carbocycles. The molecule has 3 rings (SSSR count). The number of hydrogen-bond acceptors (Lipinski definition) is 5. The van der Waals surface area contributed by atoms with Gasteiger partial charge in [0.05, 0.1) is 18.1 Å². The van der Waals surface area contributed by atoms with E-state index in [0.29, 0.717) is 6.54 Å². The number of rotatable bonds is 6. The van der Waals surface area contributed by atoms with Crippen LogP contribution in [0.4, 0.5) is 0 Å². The fraction of sp³-hybridized carbons (Fsp3) is 0.263. The van der Waals surface area contributed by atoms with E-state index < -0.39 is 15.5 Å². The SMILES string of the molecule is CC1(CO)CNC(c2ccccc2)=C1COS(=O)(=O)c1ccccc1. The third-order valence-corrected chi connectivity index (χ3v) is 5.77. The zero-order chi connectivity index (χ0) is 17.9. The maximum Gasteiger partial charge on any atom is 0.297 e. The van der Waals surface area contributed by atoms with Crippen LogP contribution in [0.3, 0.4) is 0 Å². The molecular formula is C19H21NO4S. The first-order valence-corrected chi connectivity index (χ1v) is 9.45. The van der Waals surface area contributed by atoms with Crippen molar-refractivity contribution < 1.29 is 17.7 Å². The van der Waals surface area contributed by atoms with Gasteiger partial charge in [0, 0.05) is 17.7 Å². The summed E-state index contributed by atoms with van der Waals surface area (Å²) in [7, 11) is -3.86. The quantitative estimate of drug-likeness (QED) is 0.775. The predicted molar refractivity (Wildman–Crippen MR) is 96.1 cm³/mol. The van der Waals surface area contributed by atoms with Crippen molar-refractivity contribution in [2.75, 3.05) is 19.8 Å². The van der Waals surface area contributed by atoms with E-state index in [-0.39, 0.29) is 18.1 Å². The van der Waals surface area contributed by atoms with E-state index in [1.807, 2.05) is 37.3 Å². The molecule has 5 nitrogen and oxygen atoms in total. The van der Waals surface area contributed by atoms with Crippen LogP contribution in [0.2, 0.25) is 0 Å². The molecule has 0 spiro atoms. The van der Waals surface area contributed by atoms with Gasteiger partial charge in [0.1, 0.15) is 0 Å². The van der Waals surface area contributed by atoms with E-state index >= 15 is 0 Å². The van der Waals surface area contributed by atoms with Crippen molar-refractivity contribution in [3.8, 4) is 0 Å². The van der Waals surface area contributed by atoms with Gasteiger partial charge in [-0.1, -0.05) is 55.5 Å². The fourth-order valence-electron chi connectivity index (χ4n) is 2.87. The number of aliphatic hydroxyl groups is 1. The summed E-state index contributed by atoms with van der Waals surface area (Å²) in [5.74, 6) is 0. The maximum atomic E-state index is 12.4. The molecule has 25 heavy (non-hydrogen) atoms.